The molecule has 19 heavy (non-hydrogen) atoms. The molecule has 2 atom stereocenters. The second-order valence-corrected chi connectivity index (χ2v) is 6.19. The van der Waals surface area contributed by atoms with Crippen LogP contribution in [0.25, 0.3) is 0 Å². The molecule has 2 unspecified atom stereocenters. The van der Waals surface area contributed by atoms with Crippen LogP contribution in [0, 0.1) is 5.92 Å². The second-order valence-electron chi connectivity index (χ2n) is 6.19. The molecule has 1 saturated heterocycles. The number of hydrogen-bond acceptors (Lipinski definition) is 3. The molecule has 0 spiro atoms. The van der Waals surface area contributed by atoms with Gasteiger partial charge in [-0.25, -0.2) is 0 Å². The lowest BCUT2D eigenvalue weighted by Gasteiger charge is -2.41. The first-order valence-corrected chi connectivity index (χ1v) is 8.42. The fourth-order valence-corrected chi connectivity index (χ4v) is 3.80. The third-order valence-electron chi connectivity index (χ3n) is 4.72. The van der Waals surface area contributed by atoms with Gasteiger partial charge in [-0.3, -0.25) is 4.90 Å². The summed E-state index contributed by atoms with van der Waals surface area (Å²) in [7, 11) is 0. The number of hydrogen-bond donors (Lipinski definition) is 1. The van der Waals surface area contributed by atoms with Crippen LogP contribution < -0.4 is 5.32 Å². The molecule has 1 saturated carbocycles. The van der Waals surface area contributed by atoms with Gasteiger partial charge in [-0.2, -0.15) is 0 Å². The molecule has 0 aromatic rings. The molecular formula is C16H32N2O. The fourth-order valence-electron chi connectivity index (χ4n) is 3.80. The Morgan fingerprint density at radius 3 is 2.68 bits per heavy atom. The topological polar surface area (TPSA) is 24.5 Å². The summed E-state index contributed by atoms with van der Waals surface area (Å²) in [6.45, 7) is 9.95. The van der Waals surface area contributed by atoms with Gasteiger partial charge in [0.2, 0.25) is 0 Å². The maximum atomic E-state index is 6.12. The molecule has 112 valence electrons. The van der Waals surface area contributed by atoms with Crippen molar-refractivity contribution in [2.45, 2.75) is 64.5 Å². The molecule has 3 heteroatoms. The molecule has 1 N–H and O–H groups in total. The first kappa shape index (κ1) is 15.3. The number of ether oxygens (including phenoxy) is 1. The van der Waals surface area contributed by atoms with E-state index in [0.717, 1.165) is 32.2 Å². The van der Waals surface area contributed by atoms with Crippen LogP contribution in [0.15, 0.2) is 0 Å². The van der Waals surface area contributed by atoms with Gasteiger partial charge in [-0.1, -0.05) is 33.1 Å². The zero-order chi connectivity index (χ0) is 13.5. The van der Waals surface area contributed by atoms with Crippen molar-refractivity contribution in [3.05, 3.63) is 0 Å². The Kier molecular flexibility index (Phi) is 6.62. The summed E-state index contributed by atoms with van der Waals surface area (Å²) in [5.41, 5.74) is 0. The van der Waals surface area contributed by atoms with Gasteiger partial charge in [-0.05, 0) is 38.3 Å². The predicted octanol–water partition coefficient (Wildman–Crippen LogP) is 2.66. The van der Waals surface area contributed by atoms with Gasteiger partial charge in [0.25, 0.3) is 0 Å². The predicted molar refractivity (Wildman–Crippen MR) is 80.5 cm³/mol. The second kappa shape index (κ2) is 8.23. The summed E-state index contributed by atoms with van der Waals surface area (Å²) in [6.07, 6.45) is 8.71. The Morgan fingerprint density at radius 2 is 2.00 bits per heavy atom. The van der Waals surface area contributed by atoms with Gasteiger partial charge in [0.15, 0.2) is 0 Å². The van der Waals surface area contributed by atoms with E-state index in [0.29, 0.717) is 12.1 Å². The molecule has 1 heterocycles. The molecule has 0 bridgehead atoms. The van der Waals surface area contributed by atoms with Gasteiger partial charge in [0.05, 0.1) is 12.7 Å². The van der Waals surface area contributed by atoms with Gasteiger partial charge in [0.1, 0.15) is 0 Å². The molecule has 2 aliphatic rings. The van der Waals surface area contributed by atoms with Crippen molar-refractivity contribution < 1.29 is 4.74 Å². The van der Waals surface area contributed by atoms with Gasteiger partial charge in [-0.15, -0.1) is 0 Å². The summed E-state index contributed by atoms with van der Waals surface area (Å²) in [5.74, 6) is 0.834. The lowest BCUT2D eigenvalue weighted by Crippen LogP contribution is -2.55. The van der Waals surface area contributed by atoms with Crippen molar-refractivity contribution in [1.29, 1.82) is 0 Å². The van der Waals surface area contributed by atoms with Gasteiger partial charge >= 0.3 is 0 Å². The molecule has 1 aliphatic heterocycles. The van der Waals surface area contributed by atoms with Crippen LogP contribution in [0.2, 0.25) is 0 Å². The lowest BCUT2D eigenvalue weighted by atomic mass is 9.81. The van der Waals surface area contributed by atoms with E-state index >= 15 is 0 Å². The van der Waals surface area contributed by atoms with Gasteiger partial charge < -0.3 is 10.1 Å². The standard InChI is InChI=1S/C16H32N2O/c1-3-10-18-11-12-19-15(13-18)16(17-4-2)14-8-6-5-7-9-14/h14-17H,3-13H2,1-2H3. The highest BCUT2D eigenvalue weighted by Crippen LogP contribution is 2.29. The summed E-state index contributed by atoms with van der Waals surface area (Å²) in [5, 5.41) is 3.73. The Bertz CT molecular complexity index is 239. The molecule has 0 aromatic heterocycles. The average molecular weight is 268 g/mol. The minimum Gasteiger partial charge on any atom is -0.374 e. The van der Waals surface area contributed by atoms with E-state index in [9.17, 15) is 0 Å². The van der Waals surface area contributed by atoms with Crippen LogP contribution >= 0.6 is 0 Å². The van der Waals surface area contributed by atoms with Crippen LogP contribution in [0.1, 0.15) is 52.4 Å². The molecule has 2 rings (SSSR count). The highest BCUT2D eigenvalue weighted by molar-refractivity contribution is 4.89. The molecule has 0 radical (unpaired) electrons. The van der Waals surface area contributed by atoms with Crippen molar-refractivity contribution in [3.8, 4) is 0 Å². The van der Waals surface area contributed by atoms with E-state index in [4.69, 9.17) is 4.74 Å². The zero-order valence-corrected chi connectivity index (χ0v) is 12.9. The van der Waals surface area contributed by atoms with E-state index in [-0.39, 0.29) is 0 Å². The first-order valence-electron chi connectivity index (χ1n) is 8.42. The van der Waals surface area contributed by atoms with Crippen molar-refractivity contribution in [3.63, 3.8) is 0 Å². The minimum atomic E-state index is 0.406. The Labute approximate surface area is 119 Å². The van der Waals surface area contributed by atoms with Crippen LogP contribution in [0.5, 0.6) is 0 Å². The Balaban J connectivity index is 1.92. The summed E-state index contributed by atoms with van der Waals surface area (Å²) in [6, 6.07) is 0.574. The first-order chi connectivity index (χ1) is 9.35. The highest BCUT2D eigenvalue weighted by Gasteiger charge is 2.33. The van der Waals surface area contributed by atoms with E-state index in [2.05, 4.69) is 24.1 Å². The highest BCUT2D eigenvalue weighted by atomic mass is 16.5. The van der Waals surface area contributed by atoms with Crippen molar-refractivity contribution >= 4 is 0 Å². The molecule has 0 amide bonds. The van der Waals surface area contributed by atoms with Crippen LogP contribution in [-0.2, 0) is 4.74 Å². The lowest BCUT2D eigenvalue weighted by molar-refractivity contribution is -0.0589. The van der Waals surface area contributed by atoms with E-state index in [1.165, 1.54) is 45.1 Å². The van der Waals surface area contributed by atoms with E-state index in [1.54, 1.807) is 0 Å². The summed E-state index contributed by atoms with van der Waals surface area (Å²) < 4.78 is 6.12. The van der Waals surface area contributed by atoms with E-state index in [1.807, 2.05) is 0 Å². The molecule has 2 fully saturated rings. The molecule has 0 aromatic carbocycles. The number of rotatable bonds is 6. The Hall–Kier alpha value is -0.120. The smallest absolute Gasteiger partial charge is 0.0857 e. The normalized spacial score (nSPS) is 28.4. The largest absolute Gasteiger partial charge is 0.374 e. The zero-order valence-electron chi connectivity index (χ0n) is 12.9. The van der Waals surface area contributed by atoms with Crippen LogP contribution in [0.3, 0.4) is 0 Å². The minimum absolute atomic E-state index is 0.406. The maximum Gasteiger partial charge on any atom is 0.0857 e. The average Bonchev–Trinajstić information content (AvgIpc) is 2.46. The van der Waals surface area contributed by atoms with Crippen molar-refractivity contribution in [2.24, 2.45) is 5.92 Å². The maximum absolute atomic E-state index is 6.12. The van der Waals surface area contributed by atoms with E-state index < -0.39 is 0 Å². The van der Waals surface area contributed by atoms with Crippen molar-refractivity contribution in [2.75, 3.05) is 32.8 Å². The number of nitrogens with one attached hydrogen (secondary N) is 1. The number of morpholine rings is 1. The third-order valence-corrected chi connectivity index (χ3v) is 4.72. The molecule has 3 nitrogen and oxygen atoms in total. The van der Waals surface area contributed by atoms with Crippen LogP contribution in [-0.4, -0.2) is 49.8 Å². The van der Waals surface area contributed by atoms with Gasteiger partial charge in [0, 0.05) is 19.1 Å². The third kappa shape index (κ3) is 4.44. The van der Waals surface area contributed by atoms with Crippen molar-refractivity contribution in [1.82, 2.24) is 10.2 Å². The number of likely N-dealkylation sites (N-methyl/N-ethyl adjacent to an activating group) is 1. The van der Waals surface area contributed by atoms with Crippen LogP contribution in [0.4, 0.5) is 0 Å². The number of nitrogens with zero attached hydrogens (tertiary/aromatic N) is 1. The quantitative estimate of drug-likeness (QED) is 0.801. The summed E-state index contributed by atoms with van der Waals surface area (Å²) in [4.78, 5) is 2.58. The molecule has 1 aliphatic carbocycles. The summed E-state index contributed by atoms with van der Waals surface area (Å²) >= 11 is 0. The SMILES string of the molecule is CCCN1CCOC(C(NCC)C2CCCCC2)C1. The Morgan fingerprint density at radius 1 is 1.21 bits per heavy atom. The fraction of sp³-hybridized carbons (Fsp3) is 1.00. The monoisotopic (exact) mass is 268 g/mol. The molecular weight excluding hydrogens is 236 g/mol.